The average molecular weight is 230 g/mol. The first-order chi connectivity index (χ1) is 8.15. The van der Waals surface area contributed by atoms with Gasteiger partial charge in [-0.2, -0.15) is 0 Å². The monoisotopic (exact) mass is 230 g/mol. The maximum absolute atomic E-state index is 12.1. The second kappa shape index (κ2) is 4.63. The van der Waals surface area contributed by atoms with Crippen LogP contribution in [0.4, 0.5) is 0 Å². The van der Waals surface area contributed by atoms with Crippen LogP contribution in [0.5, 0.6) is 0 Å². The zero-order chi connectivity index (χ0) is 12.4. The van der Waals surface area contributed by atoms with E-state index in [0.29, 0.717) is 17.5 Å². The number of fused-ring (bicyclic) bond motifs is 1. The highest BCUT2D eigenvalue weighted by Gasteiger charge is 2.28. The largest absolute Gasteiger partial charge is 0.388 e. The molecule has 0 amide bonds. The van der Waals surface area contributed by atoms with Crippen LogP contribution in [0.1, 0.15) is 40.5 Å². The van der Waals surface area contributed by atoms with Crippen LogP contribution >= 0.6 is 0 Å². The summed E-state index contributed by atoms with van der Waals surface area (Å²) >= 11 is 0. The fourth-order valence-electron chi connectivity index (χ4n) is 2.01. The first-order valence-corrected chi connectivity index (χ1v) is 5.73. The molecule has 17 heavy (non-hydrogen) atoms. The van der Waals surface area contributed by atoms with Gasteiger partial charge in [0, 0.05) is 16.7 Å². The minimum Gasteiger partial charge on any atom is -0.388 e. The molecule has 0 spiro atoms. The quantitative estimate of drug-likeness (QED) is 0.865. The van der Waals surface area contributed by atoms with Gasteiger partial charge in [0.15, 0.2) is 11.6 Å². The van der Waals surface area contributed by atoms with Gasteiger partial charge < -0.3 is 5.11 Å². The predicted molar refractivity (Wildman–Crippen MR) is 64.1 cm³/mol. The third-order valence-electron chi connectivity index (χ3n) is 2.91. The number of hydrogen-bond donors (Lipinski definition) is 1. The maximum atomic E-state index is 12.1. The second-order valence-corrected chi connectivity index (χ2v) is 4.14. The molecular formula is C14H14O3. The number of aliphatic hydroxyl groups excluding tert-OH is 1. The topological polar surface area (TPSA) is 54.4 Å². The molecule has 1 aromatic carbocycles. The van der Waals surface area contributed by atoms with Gasteiger partial charge in [-0.3, -0.25) is 9.59 Å². The Balaban J connectivity index is 2.41. The van der Waals surface area contributed by atoms with Crippen LogP contribution < -0.4 is 0 Å². The number of carbonyl (C=O) groups excluding carboxylic acids is 2. The van der Waals surface area contributed by atoms with Crippen LogP contribution in [0.3, 0.4) is 0 Å². The van der Waals surface area contributed by atoms with E-state index in [9.17, 15) is 14.7 Å². The van der Waals surface area contributed by atoms with Gasteiger partial charge in [0.2, 0.25) is 0 Å². The van der Waals surface area contributed by atoms with E-state index in [1.54, 1.807) is 24.3 Å². The Morgan fingerprint density at radius 3 is 2.47 bits per heavy atom. The average Bonchev–Trinajstić information content (AvgIpc) is 2.34. The number of aliphatic hydroxyl groups is 1. The summed E-state index contributed by atoms with van der Waals surface area (Å²) in [5.41, 5.74) is 1.03. The van der Waals surface area contributed by atoms with E-state index in [1.165, 1.54) is 6.08 Å². The van der Waals surface area contributed by atoms with Gasteiger partial charge in [-0.15, -0.1) is 0 Å². The third kappa shape index (κ3) is 2.06. The number of carbonyl (C=O) groups is 2. The van der Waals surface area contributed by atoms with Crippen LogP contribution in [0.25, 0.3) is 0 Å². The zero-order valence-electron chi connectivity index (χ0n) is 9.64. The number of benzene rings is 1. The van der Waals surface area contributed by atoms with Crippen LogP contribution in [0, 0.1) is 0 Å². The van der Waals surface area contributed by atoms with Crippen molar-refractivity contribution in [3.8, 4) is 0 Å². The number of hydrogen-bond acceptors (Lipinski definition) is 3. The minimum absolute atomic E-state index is 0.203. The van der Waals surface area contributed by atoms with Crippen LogP contribution in [0.15, 0.2) is 35.9 Å². The summed E-state index contributed by atoms with van der Waals surface area (Å²) in [5, 5.41) is 9.85. The van der Waals surface area contributed by atoms with Crippen molar-refractivity contribution in [3.63, 3.8) is 0 Å². The highest BCUT2D eigenvalue weighted by Crippen LogP contribution is 2.24. The summed E-state index contributed by atoms with van der Waals surface area (Å²) in [6.07, 6.45) is 1.68. The Bertz CT molecular complexity index is 500. The number of ketones is 2. The predicted octanol–water partition coefficient (Wildman–Crippen LogP) is 2.15. The van der Waals surface area contributed by atoms with Crippen molar-refractivity contribution in [3.05, 3.63) is 47.0 Å². The molecule has 1 atom stereocenters. The van der Waals surface area contributed by atoms with Crippen molar-refractivity contribution in [1.29, 1.82) is 0 Å². The zero-order valence-corrected chi connectivity index (χ0v) is 9.64. The van der Waals surface area contributed by atoms with Gasteiger partial charge in [0.25, 0.3) is 0 Å². The summed E-state index contributed by atoms with van der Waals surface area (Å²) in [7, 11) is 0. The highest BCUT2D eigenvalue weighted by molar-refractivity contribution is 6.24. The van der Waals surface area contributed by atoms with E-state index in [0.717, 1.165) is 6.42 Å². The van der Waals surface area contributed by atoms with E-state index in [2.05, 4.69) is 0 Å². The molecule has 0 heterocycles. The Morgan fingerprint density at radius 2 is 1.82 bits per heavy atom. The Kier molecular flexibility index (Phi) is 3.20. The van der Waals surface area contributed by atoms with E-state index >= 15 is 0 Å². The fraction of sp³-hybridized carbons (Fsp3) is 0.286. The van der Waals surface area contributed by atoms with Gasteiger partial charge in [0.05, 0.1) is 6.10 Å². The Hall–Kier alpha value is -1.74. The minimum atomic E-state index is -0.843. The molecule has 0 bridgehead atoms. The molecule has 1 unspecified atom stereocenters. The summed E-state index contributed by atoms with van der Waals surface area (Å²) in [4.78, 5) is 23.9. The van der Waals surface area contributed by atoms with Gasteiger partial charge in [0.1, 0.15) is 0 Å². The molecule has 88 valence electrons. The van der Waals surface area contributed by atoms with Crippen molar-refractivity contribution >= 4 is 11.6 Å². The molecule has 3 nitrogen and oxygen atoms in total. The van der Waals surface area contributed by atoms with Crippen LogP contribution in [0.2, 0.25) is 0 Å². The van der Waals surface area contributed by atoms with Crippen molar-refractivity contribution in [2.24, 2.45) is 0 Å². The van der Waals surface area contributed by atoms with E-state index < -0.39 is 6.10 Å². The molecule has 0 saturated carbocycles. The highest BCUT2D eigenvalue weighted by atomic mass is 16.3. The molecule has 1 N–H and O–H groups in total. The molecule has 0 fully saturated rings. The molecule has 1 aromatic rings. The molecule has 0 saturated heterocycles. The standard InChI is InChI=1S/C14H14O3/c1-2-5-12(15)11-8-13(16)9-6-3-4-7-10(9)14(11)17/h3-4,6-8,12,15H,2,5H2,1H3. The van der Waals surface area contributed by atoms with E-state index in [-0.39, 0.29) is 17.1 Å². The second-order valence-electron chi connectivity index (χ2n) is 4.14. The fourth-order valence-corrected chi connectivity index (χ4v) is 2.01. The van der Waals surface area contributed by atoms with Crippen LogP contribution in [-0.2, 0) is 0 Å². The summed E-state index contributed by atoms with van der Waals surface area (Å²) < 4.78 is 0. The van der Waals surface area contributed by atoms with Crippen molar-refractivity contribution in [1.82, 2.24) is 0 Å². The van der Waals surface area contributed by atoms with E-state index in [4.69, 9.17) is 0 Å². The molecule has 0 aliphatic heterocycles. The smallest absolute Gasteiger partial charge is 0.192 e. The SMILES string of the molecule is CCCC(O)C1=CC(=O)c2ccccc2C1=O. The summed E-state index contributed by atoms with van der Waals surface area (Å²) in [6, 6.07) is 6.71. The summed E-state index contributed by atoms with van der Waals surface area (Å²) in [6.45, 7) is 1.92. The molecule has 2 rings (SSSR count). The van der Waals surface area contributed by atoms with Gasteiger partial charge in [-0.1, -0.05) is 37.6 Å². The molecule has 0 radical (unpaired) electrons. The maximum Gasteiger partial charge on any atom is 0.192 e. The van der Waals surface area contributed by atoms with Crippen LogP contribution in [-0.4, -0.2) is 22.8 Å². The van der Waals surface area contributed by atoms with Crippen molar-refractivity contribution in [2.45, 2.75) is 25.9 Å². The molecule has 1 aliphatic carbocycles. The number of Topliss-reactive ketones (excluding diaryl/α,β-unsaturated/α-hetero) is 1. The molecule has 3 heteroatoms. The summed E-state index contributed by atoms with van der Waals surface area (Å²) in [5.74, 6) is -0.438. The molecular weight excluding hydrogens is 216 g/mol. The van der Waals surface area contributed by atoms with Crippen molar-refractivity contribution in [2.75, 3.05) is 0 Å². The lowest BCUT2D eigenvalue weighted by Gasteiger charge is -2.18. The van der Waals surface area contributed by atoms with E-state index in [1.807, 2.05) is 6.92 Å². The van der Waals surface area contributed by atoms with Gasteiger partial charge >= 0.3 is 0 Å². The number of rotatable bonds is 3. The first kappa shape index (κ1) is 11.7. The number of allylic oxidation sites excluding steroid dienone is 1. The third-order valence-corrected chi connectivity index (χ3v) is 2.91. The lowest BCUT2D eigenvalue weighted by Crippen LogP contribution is -2.24. The lowest BCUT2D eigenvalue weighted by molar-refractivity contribution is 0.0942. The van der Waals surface area contributed by atoms with Crippen molar-refractivity contribution < 1.29 is 14.7 Å². The lowest BCUT2D eigenvalue weighted by atomic mass is 9.86. The van der Waals surface area contributed by atoms with Gasteiger partial charge in [-0.25, -0.2) is 0 Å². The molecule has 1 aliphatic rings. The normalized spacial score (nSPS) is 16.5. The van der Waals surface area contributed by atoms with Gasteiger partial charge in [-0.05, 0) is 12.5 Å². The molecule has 0 aromatic heterocycles. The Labute approximate surface area is 99.8 Å². The Morgan fingerprint density at radius 1 is 1.18 bits per heavy atom. The first-order valence-electron chi connectivity index (χ1n) is 5.73.